The van der Waals surface area contributed by atoms with Crippen molar-refractivity contribution >= 4 is 28.3 Å². The first-order valence-electron chi connectivity index (χ1n) is 10.0. The number of piperazine rings is 1. The van der Waals surface area contributed by atoms with E-state index in [-0.39, 0.29) is 24.8 Å². The average Bonchev–Trinajstić information content (AvgIpc) is 2.78. The van der Waals surface area contributed by atoms with Crippen LogP contribution in [0.2, 0.25) is 0 Å². The topological polar surface area (TPSA) is 52.7 Å². The van der Waals surface area contributed by atoms with Gasteiger partial charge in [-0.05, 0) is 28.5 Å². The molecule has 5 nitrogen and oxygen atoms in total. The molecule has 0 bridgehead atoms. The van der Waals surface area contributed by atoms with Crippen LogP contribution in [0.25, 0.3) is 10.8 Å². The van der Waals surface area contributed by atoms with Crippen LogP contribution in [-0.4, -0.2) is 49.4 Å². The monoisotopic (exact) mass is 387 g/mol. The van der Waals surface area contributed by atoms with E-state index in [0.29, 0.717) is 13.1 Å². The Morgan fingerprint density at radius 1 is 0.793 bits per heavy atom. The molecule has 4 rings (SSSR count). The summed E-state index contributed by atoms with van der Waals surface area (Å²) >= 11 is 0. The van der Waals surface area contributed by atoms with Crippen LogP contribution in [0.5, 0.6) is 0 Å². The van der Waals surface area contributed by atoms with E-state index >= 15 is 0 Å². The largest absolute Gasteiger partial charge is 0.368 e. The van der Waals surface area contributed by atoms with Crippen molar-refractivity contribution in [2.75, 3.05) is 37.6 Å². The fourth-order valence-corrected chi connectivity index (χ4v) is 3.82. The maximum atomic E-state index is 12.5. The molecular weight excluding hydrogens is 362 g/mol. The summed E-state index contributed by atoms with van der Waals surface area (Å²) in [6.07, 6.45) is 0.274. The van der Waals surface area contributed by atoms with Crippen molar-refractivity contribution in [3.63, 3.8) is 0 Å². The fourth-order valence-electron chi connectivity index (χ4n) is 3.82. The fraction of sp³-hybridized carbons (Fsp3) is 0.250. The zero-order valence-corrected chi connectivity index (χ0v) is 16.4. The summed E-state index contributed by atoms with van der Waals surface area (Å²) in [6, 6.07) is 24.2. The third-order valence-electron chi connectivity index (χ3n) is 5.42. The molecule has 29 heavy (non-hydrogen) atoms. The average molecular weight is 387 g/mol. The molecule has 0 atom stereocenters. The van der Waals surface area contributed by atoms with Crippen LogP contribution in [0, 0.1) is 0 Å². The third kappa shape index (κ3) is 4.57. The molecule has 1 N–H and O–H groups in total. The molecule has 3 aromatic rings. The van der Waals surface area contributed by atoms with E-state index in [9.17, 15) is 9.59 Å². The van der Waals surface area contributed by atoms with Gasteiger partial charge in [0.1, 0.15) is 0 Å². The van der Waals surface area contributed by atoms with Gasteiger partial charge in [-0.1, -0.05) is 60.7 Å². The van der Waals surface area contributed by atoms with Crippen LogP contribution in [0.15, 0.2) is 72.8 Å². The molecule has 2 amide bonds. The van der Waals surface area contributed by atoms with Crippen LogP contribution in [0.3, 0.4) is 0 Å². The lowest BCUT2D eigenvalue weighted by atomic mass is 10.0. The molecule has 0 radical (unpaired) electrons. The third-order valence-corrected chi connectivity index (χ3v) is 5.42. The van der Waals surface area contributed by atoms with Crippen molar-refractivity contribution in [1.29, 1.82) is 0 Å². The van der Waals surface area contributed by atoms with Gasteiger partial charge in [0.15, 0.2) is 0 Å². The minimum Gasteiger partial charge on any atom is -0.368 e. The number of anilines is 1. The van der Waals surface area contributed by atoms with Gasteiger partial charge in [0.25, 0.3) is 0 Å². The molecule has 0 aliphatic carbocycles. The van der Waals surface area contributed by atoms with Crippen molar-refractivity contribution < 1.29 is 9.59 Å². The van der Waals surface area contributed by atoms with Crippen molar-refractivity contribution in [2.45, 2.75) is 6.42 Å². The van der Waals surface area contributed by atoms with E-state index in [1.807, 2.05) is 65.6 Å². The van der Waals surface area contributed by atoms with Gasteiger partial charge in [-0.3, -0.25) is 9.59 Å². The van der Waals surface area contributed by atoms with Crippen molar-refractivity contribution in [2.24, 2.45) is 0 Å². The number of amides is 2. The van der Waals surface area contributed by atoms with E-state index in [1.54, 1.807) is 0 Å². The number of carbonyl (C=O) groups excluding carboxylic acids is 2. The van der Waals surface area contributed by atoms with Gasteiger partial charge in [-0.25, -0.2) is 0 Å². The van der Waals surface area contributed by atoms with Crippen molar-refractivity contribution in [3.05, 3.63) is 78.4 Å². The summed E-state index contributed by atoms with van der Waals surface area (Å²) < 4.78 is 0. The van der Waals surface area contributed by atoms with Crippen molar-refractivity contribution in [1.82, 2.24) is 10.2 Å². The molecule has 3 aromatic carbocycles. The first-order valence-corrected chi connectivity index (χ1v) is 10.0. The standard InChI is InChI=1S/C24H25N3O2/c28-23(17-20-9-6-8-19-7-4-5-12-22(19)20)25-18-24(29)27-15-13-26(14-16-27)21-10-2-1-3-11-21/h1-12H,13-18H2,(H,25,28). The summed E-state index contributed by atoms with van der Waals surface area (Å²) in [5.41, 5.74) is 2.16. The second-order valence-electron chi connectivity index (χ2n) is 7.30. The number of para-hydroxylation sites is 1. The van der Waals surface area contributed by atoms with Crippen LogP contribution in [-0.2, 0) is 16.0 Å². The Balaban J connectivity index is 1.27. The van der Waals surface area contributed by atoms with E-state index in [0.717, 1.165) is 29.4 Å². The summed E-state index contributed by atoms with van der Waals surface area (Å²) in [5, 5.41) is 4.99. The van der Waals surface area contributed by atoms with Crippen LogP contribution in [0.1, 0.15) is 5.56 Å². The first kappa shape index (κ1) is 19.0. The Hall–Kier alpha value is -3.34. The number of nitrogens with zero attached hydrogens (tertiary/aromatic N) is 2. The highest BCUT2D eigenvalue weighted by atomic mass is 16.2. The number of carbonyl (C=O) groups is 2. The van der Waals surface area contributed by atoms with E-state index in [1.165, 1.54) is 5.69 Å². The smallest absolute Gasteiger partial charge is 0.242 e. The zero-order chi connectivity index (χ0) is 20.1. The lowest BCUT2D eigenvalue weighted by molar-refractivity contribution is -0.133. The molecule has 1 aliphatic heterocycles. The summed E-state index contributed by atoms with van der Waals surface area (Å²) in [7, 11) is 0. The van der Waals surface area contributed by atoms with Gasteiger partial charge in [0.05, 0.1) is 13.0 Å². The highest BCUT2D eigenvalue weighted by molar-refractivity contribution is 5.91. The molecule has 1 fully saturated rings. The van der Waals surface area contributed by atoms with Gasteiger partial charge in [0, 0.05) is 31.9 Å². The van der Waals surface area contributed by atoms with E-state index < -0.39 is 0 Å². The quantitative estimate of drug-likeness (QED) is 0.733. The number of nitrogens with one attached hydrogen (secondary N) is 1. The van der Waals surface area contributed by atoms with Gasteiger partial charge >= 0.3 is 0 Å². The summed E-state index contributed by atoms with van der Waals surface area (Å²) in [4.78, 5) is 29.0. The molecule has 0 aromatic heterocycles. The lowest BCUT2D eigenvalue weighted by Crippen LogP contribution is -2.51. The first-order chi connectivity index (χ1) is 14.2. The molecule has 5 heteroatoms. The van der Waals surface area contributed by atoms with Crippen LogP contribution < -0.4 is 10.2 Å². The number of benzene rings is 3. The molecule has 1 aliphatic rings. The van der Waals surface area contributed by atoms with Gasteiger partial charge in [-0.2, -0.15) is 0 Å². The Bertz CT molecular complexity index is 990. The number of rotatable bonds is 5. The van der Waals surface area contributed by atoms with Gasteiger partial charge in [0.2, 0.25) is 11.8 Å². The van der Waals surface area contributed by atoms with Crippen molar-refractivity contribution in [3.8, 4) is 0 Å². The Labute approximate surface area is 170 Å². The number of hydrogen-bond acceptors (Lipinski definition) is 3. The SMILES string of the molecule is O=C(Cc1cccc2ccccc12)NCC(=O)N1CCN(c2ccccc2)CC1. The van der Waals surface area contributed by atoms with Gasteiger partial charge < -0.3 is 15.1 Å². The van der Waals surface area contributed by atoms with Gasteiger partial charge in [-0.15, -0.1) is 0 Å². The van der Waals surface area contributed by atoms with Crippen LogP contribution in [0.4, 0.5) is 5.69 Å². The predicted molar refractivity (Wildman–Crippen MR) is 116 cm³/mol. The Morgan fingerprint density at radius 2 is 1.48 bits per heavy atom. The molecule has 0 saturated carbocycles. The maximum Gasteiger partial charge on any atom is 0.242 e. The predicted octanol–water partition coefficient (Wildman–Crippen LogP) is 2.85. The molecular formula is C24H25N3O2. The molecule has 148 valence electrons. The Kier molecular flexibility index (Phi) is 5.75. The van der Waals surface area contributed by atoms with Crippen LogP contribution >= 0.6 is 0 Å². The zero-order valence-electron chi connectivity index (χ0n) is 16.4. The highest BCUT2D eigenvalue weighted by Crippen LogP contribution is 2.19. The van der Waals surface area contributed by atoms with E-state index in [4.69, 9.17) is 0 Å². The Morgan fingerprint density at radius 3 is 2.28 bits per heavy atom. The molecule has 1 saturated heterocycles. The number of hydrogen-bond donors (Lipinski definition) is 1. The molecule has 0 spiro atoms. The normalized spacial score (nSPS) is 14.1. The minimum absolute atomic E-state index is 0.0241. The second kappa shape index (κ2) is 8.78. The highest BCUT2D eigenvalue weighted by Gasteiger charge is 2.21. The maximum absolute atomic E-state index is 12.5. The van der Waals surface area contributed by atoms with E-state index in [2.05, 4.69) is 22.3 Å². The minimum atomic E-state index is -0.127. The summed E-state index contributed by atoms with van der Waals surface area (Å²) in [5.74, 6) is -0.151. The molecule has 0 unspecified atom stereocenters. The second-order valence-corrected chi connectivity index (χ2v) is 7.30. The molecule has 1 heterocycles. The lowest BCUT2D eigenvalue weighted by Gasteiger charge is -2.36. The number of fused-ring (bicyclic) bond motifs is 1. The summed E-state index contributed by atoms with van der Waals surface area (Å²) in [6.45, 7) is 3.01.